The van der Waals surface area contributed by atoms with Crippen molar-refractivity contribution in [1.82, 2.24) is 19.3 Å². The van der Waals surface area contributed by atoms with Crippen molar-refractivity contribution in [3.8, 4) is 0 Å². The Hall–Kier alpha value is -3.42. The number of likely N-dealkylation sites (N-methyl/N-ethyl adjacent to an activating group) is 1. The molecule has 0 spiro atoms. The van der Waals surface area contributed by atoms with Crippen molar-refractivity contribution in [2.24, 2.45) is 0 Å². The zero-order valence-electron chi connectivity index (χ0n) is 21.3. The number of carbonyl (C=O) groups excluding carboxylic acids is 1. The van der Waals surface area contributed by atoms with Crippen LogP contribution in [-0.4, -0.2) is 76.1 Å². The molecule has 5 rings (SSSR count). The third-order valence-corrected chi connectivity index (χ3v) is 7.41. The Kier molecular flexibility index (Phi) is 6.45. The van der Waals surface area contributed by atoms with Crippen molar-refractivity contribution in [3.05, 3.63) is 77.1 Å². The van der Waals surface area contributed by atoms with Gasteiger partial charge in [0.2, 0.25) is 0 Å². The van der Waals surface area contributed by atoms with Crippen molar-refractivity contribution < 1.29 is 14.7 Å². The van der Waals surface area contributed by atoms with Crippen LogP contribution in [0.25, 0.3) is 17.0 Å². The molecule has 0 bridgehead atoms. The van der Waals surface area contributed by atoms with E-state index < -0.39 is 11.5 Å². The van der Waals surface area contributed by atoms with Crippen molar-refractivity contribution in [2.75, 3.05) is 39.8 Å². The number of hydrogen-bond acceptors (Lipinski definition) is 4. The van der Waals surface area contributed by atoms with Gasteiger partial charge in [-0.05, 0) is 62.0 Å². The van der Waals surface area contributed by atoms with Gasteiger partial charge in [0.1, 0.15) is 0 Å². The third-order valence-electron chi connectivity index (χ3n) is 7.41. The number of carbonyl (C=O) groups is 2. The molecule has 0 radical (unpaired) electrons. The van der Waals surface area contributed by atoms with Gasteiger partial charge in [0.05, 0.1) is 11.2 Å². The Balaban J connectivity index is 1.43. The Morgan fingerprint density at radius 2 is 1.81 bits per heavy atom. The lowest BCUT2D eigenvalue weighted by atomic mass is 9.82. The Labute approximate surface area is 212 Å². The van der Waals surface area contributed by atoms with Crippen LogP contribution >= 0.6 is 0 Å². The molecule has 3 heterocycles. The van der Waals surface area contributed by atoms with E-state index in [4.69, 9.17) is 0 Å². The third kappa shape index (κ3) is 4.56. The molecule has 2 aromatic carbocycles. The highest BCUT2D eigenvalue weighted by Gasteiger charge is 2.35. The van der Waals surface area contributed by atoms with Crippen molar-refractivity contribution in [1.29, 1.82) is 0 Å². The fourth-order valence-corrected chi connectivity index (χ4v) is 5.68. The van der Waals surface area contributed by atoms with Crippen LogP contribution in [0.3, 0.4) is 0 Å². The molecule has 0 unspecified atom stereocenters. The largest absolute Gasteiger partial charge is 0.464 e. The van der Waals surface area contributed by atoms with E-state index in [1.165, 1.54) is 4.57 Å². The lowest BCUT2D eigenvalue weighted by Gasteiger charge is -2.30. The van der Waals surface area contributed by atoms with Gasteiger partial charge < -0.3 is 14.9 Å². The molecule has 2 aliphatic heterocycles. The van der Waals surface area contributed by atoms with Crippen LogP contribution in [0.5, 0.6) is 0 Å². The number of carboxylic acid groups (broad SMARTS) is 1. The normalized spacial score (nSPS) is 18.6. The van der Waals surface area contributed by atoms with Gasteiger partial charge in [-0.25, -0.2) is 9.36 Å². The van der Waals surface area contributed by atoms with Gasteiger partial charge in [0, 0.05) is 48.7 Å². The summed E-state index contributed by atoms with van der Waals surface area (Å²) in [5.74, 6) is -0.0758. The predicted molar refractivity (Wildman–Crippen MR) is 142 cm³/mol. The lowest BCUT2D eigenvalue weighted by molar-refractivity contribution is 0.0801. The Morgan fingerprint density at radius 3 is 2.61 bits per heavy atom. The minimum atomic E-state index is -1.03. The number of para-hydroxylation sites is 1. The molecule has 1 aromatic heterocycles. The molecule has 0 saturated carbocycles. The molecule has 3 aromatic rings. The zero-order valence-corrected chi connectivity index (χ0v) is 21.3. The molecule has 7 nitrogen and oxygen atoms in total. The molecule has 1 N–H and O–H groups in total. The van der Waals surface area contributed by atoms with Gasteiger partial charge >= 0.3 is 6.09 Å². The van der Waals surface area contributed by atoms with E-state index in [-0.39, 0.29) is 5.91 Å². The Bertz CT molecular complexity index is 1340. The first-order valence-electron chi connectivity index (χ1n) is 12.6. The van der Waals surface area contributed by atoms with E-state index in [1.54, 1.807) is 17.2 Å². The summed E-state index contributed by atoms with van der Waals surface area (Å²) in [5, 5.41) is 10.9. The highest BCUT2D eigenvalue weighted by atomic mass is 16.4. The van der Waals surface area contributed by atoms with Gasteiger partial charge in [-0.3, -0.25) is 9.69 Å². The number of benzene rings is 2. The summed E-state index contributed by atoms with van der Waals surface area (Å²) in [6.45, 7) is 9.69. The van der Waals surface area contributed by atoms with E-state index in [2.05, 4.69) is 36.8 Å². The number of fused-ring (bicyclic) bond motifs is 3. The smallest absolute Gasteiger partial charge is 0.416 e. The first kappa shape index (κ1) is 24.3. The standard InChI is InChI=1S/C29H34N4O3/c1-29(2)20-32(15-12-25-26(29)23-10-4-5-11-24(23)33(25)28(35)36)27(34)22-9-6-8-21(18-22)19-31-14-7-13-30(3)16-17-31/h4-6,8-12,15,18H,7,13-14,16-17,19-20H2,1-3H3,(H,35,36). The van der Waals surface area contributed by atoms with Crippen molar-refractivity contribution in [2.45, 2.75) is 32.2 Å². The van der Waals surface area contributed by atoms with Gasteiger partial charge in [0.25, 0.3) is 5.91 Å². The molecule has 1 fully saturated rings. The first-order valence-corrected chi connectivity index (χ1v) is 12.6. The average Bonchev–Trinajstić information content (AvgIpc) is 2.96. The minimum absolute atomic E-state index is 0.0758. The summed E-state index contributed by atoms with van der Waals surface area (Å²) in [4.78, 5) is 32.4. The molecule has 0 aliphatic carbocycles. The summed E-state index contributed by atoms with van der Waals surface area (Å²) >= 11 is 0. The van der Waals surface area contributed by atoms with E-state index in [9.17, 15) is 14.7 Å². The van der Waals surface area contributed by atoms with Crippen LogP contribution in [0, 0.1) is 0 Å². The van der Waals surface area contributed by atoms with Crippen LogP contribution < -0.4 is 0 Å². The summed E-state index contributed by atoms with van der Waals surface area (Å²) in [6.07, 6.45) is 3.64. The van der Waals surface area contributed by atoms with Crippen LogP contribution in [0.1, 0.15) is 47.4 Å². The van der Waals surface area contributed by atoms with Crippen LogP contribution in [-0.2, 0) is 12.0 Å². The van der Waals surface area contributed by atoms with E-state index in [0.717, 1.165) is 55.7 Å². The second-order valence-corrected chi connectivity index (χ2v) is 10.7. The van der Waals surface area contributed by atoms with Gasteiger partial charge in [-0.15, -0.1) is 0 Å². The van der Waals surface area contributed by atoms with Gasteiger partial charge in [-0.1, -0.05) is 44.2 Å². The second kappa shape index (κ2) is 9.56. The maximum absolute atomic E-state index is 13.7. The first-order chi connectivity index (χ1) is 17.2. The zero-order chi connectivity index (χ0) is 25.4. The number of hydrogen-bond donors (Lipinski definition) is 1. The summed E-state index contributed by atoms with van der Waals surface area (Å²) < 4.78 is 1.33. The van der Waals surface area contributed by atoms with Crippen LogP contribution in [0.2, 0.25) is 0 Å². The molecule has 0 atom stereocenters. The molecular weight excluding hydrogens is 452 g/mol. The average molecular weight is 487 g/mol. The van der Waals surface area contributed by atoms with Crippen molar-refractivity contribution in [3.63, 3.8) is 0 Å². The fourth-order valence-electron chi connectivity index (χ4n) is 5.68. The molecule has 2 aliphatic rings. The molecule has 7 heteroatoms. The monoisotopic (exact) mass is 486 g/mol. The minimum Gasteiger partial charge on any atom is -0.464 e. The number of aromatic nitrogens is 1. The fraction of sp³-hybridized carbons (Fsp3) is 0.379. The van der Waals surface area contributed by atoms with Crippen LogP contribution in [0.4, 0.5) is 4.79 Å². The predicted octanol–water partition coefficient (Wildman–Crippen LogP) is 4.71. The number of amides is 1. The molecular formula is C29H34N4O3. The lowest BCUT2D eigenvalue weighted by Crippen LogP contribution is -2.37. The van der Waals surface area contributed by atoms with Gasteiger partial charge in [0.15, 0.2) is 0 Å². The molecule has 1 saturated heterocycles. The van der Waals surface area contributed by atoms with E-state index in [1.807, 2.05) is 42.5 Å². The number of rotatable bonds is 3. The molecule has 36 heavy (non-hydrogen) atoms. The summed E-state index contributed by atoms with van der Waals surface area (Å²) in [5.41, 5.74) is 3.56. The highest BCUT2D eigenvalue weighted by Crippen LogP contribution is 2.39. The van der Waals surface area contributed by atoms with Crippen LogP contribution in [0.15, 0.2) is 54.7 Å². The maximum Gasteiger partial charge on any atom is 0.416 e. The van der Waals surface area contributed by atoms with E-state index >= 15 is 0 Å². The highest BCUT2D eigenvalue weighted by molar-refractivity contribution is 5.99. The van der Waals surface area contributed by atoms with Gasteiger partial charge in [-0.2, -0.15) is 0 Å². The summed E-state index contributed by atoms with van der Waals surface area (Å²) in [6, 6.07) is 15.5. The topological polar surface area (TPSA) is 69.0 Å². The maximum atomic E-state index is 13.7. The number of nitrogens with zero attached hydrogens (tertiary/aromatic N) is 4. The molecule has 1 amide bonds. The second-order valence-electron chi connectivity index (χ2n) is 10.7. The Morgan fingerprint density at radius 1 is 1.00 bits per heavy atom. The quantitative estimate of drug-likeness (QED) is 0.581. The SMILES string of the molecule is CN1CCCN(Cc2cccc(C(=O)N3C=Cc4c(c5ccccc5n4C(=O)O)C(C)(C)C3)c2)CC1. The van der Waals surface area contributed by atoms with E-state index in [0.29, 0.717) is 23.3 Å². The molecule has 188 valence electrons. The van der Waals surface area contributed by atoms with Crippen molar-refractivity contribution >= 4 is 29.0 Å². The summed E-state index contributed by atoms with van der Waals surface area (Å²) in [7, 11) is 2.16.